The molecule has 0 aliphatic carbocycles. The van der Waals surface area contributed by atoms with Gasteiger partial charge >= 0.3 is 5.97 Å². The molecule has 0 fully saturated rings. The first-order valence-corrected chi connectivity index (χ1v) is 10.3. The Bertz CT molecular complexity index is 1050. The van der Waals surface area contributed by atoms with Gasteiger partial charge < -0.3 is 19.4 Å². The van der Waals surface area contributed by atoms with E-state index in [2.05, 4.69) is 21.2 Å². The Labute approximate surface area is 188 Å². The minimum absolute atomic E-state index is 0.114. The highest BCUT2D eigenvalue weighted by molar-refractivity contribution is 9.10. The lowest BCUT2D eigenvalue weighted by atomic mass is 10.1. The van der Waals surface area contributed by atoms with E-state index in [4.69, 9.17) is 9.15 Å². The first kappa shape index (κ1) is 22.3. The summed E-state index contributed by atoms with van der Waals surface area (Å²) in [4.78, 5) is 38.2. The molecule has 0 spiro atoms. The number of esters is 1. The number of methoxy groups -OCH3 is 1. The summed E-state index contributed by atoms with van der Waals surface area (Å²) in [7, 11) is 1.29. The number of carbonyl (C=O) groups excluding carboxylic acids is 3. The molecule has 0 atom stereocenters. The smallest absolute Gasteiger partial charge is 0.325 e. The van der Waals surface area contributed by atoms with Crippen LogP contribution >= 0.6 is 15.9 Å². The molecule has 0 saturated heterocycles. The van der Waals surface area contributed by atoms with E-state index in [0.29, 0.717) is 16.9 Å². The quantitative estimate of drug-likeness (QED) is 0.487. The summed E-state index contributed by atoms with van der Waals surface area (Å²) in [5.74, 6) is -0.870. The summed E-state index contributed by atoms with van der Waals surface area (Å²) < 4.78 is 10.4. The molecule has 0 radical (unpaired) electrons. The van der Waals surface area contributed by atoms with Gasteiger partial charge in [0.1, 0.15) is 6.54 Å². The number of nitrogens with zero attached hydrogens (tertiary/aromatic N) is 1. The summed E-state index contributed by atoms with van der Waals surface area (Å²) in [5.41, 5.74) is 2.25. The molecule has 1 heterocycles. The molecule has 0 unspecified atom stereocenters. The highest BCUT2D eigenvalue weighted by atomic mass is 79.9. The summed E-state index contributed by atoms with van der Waals surface area (Å²) in [5, 5.41) is 2.73. The predicted octanol–water partition coefficient (Wildman–Crippen LogP) is 4.04. The van der Waals surface area contributed by atoms with E-state index in [1.54, 1.807) is 36.4 Å². The minimum atomic E-state index is -0.480. The van der Waals surface area contributed by atoms with E-state index in [0.717, 1.165) is 11.1 Å². The maximum absolute atomic E-state index is 12.9. The zero-order valence-electron chi connectivity index (χ0n) is 16.8. The first-order chi connectivity index (χ1) is 14.9. The standard InChI is InChI=1S/C23H21BrN2O5/c1-30-22(28)15-26(14-17-5-3-2-4-6-17)21(27)13-16-7-9-18(10-8-16)25-23(29)19-11-12-20(24)31-19/h2-12H,13-15H2,1H3,(H,25,29). The third-order valence-corrected chi connectivity index (χ3v) is 4.91. The van der Waals surface area contributed by atoms with E-state index in [-0.39, 0.29) is 30.5 Å². The van der Waals surface area contributed by atoms with E-state index >= 15 is 0 Å². The van der Waals surface area contributed by atoms with Crippen LogP contribution < -0.4 is 5.32 Å². The zero-order valence-corrected chi connectivity index (χ0v) is 18.4. The van der Waals surface area contributed by atoms with Gasteiger partial charge in [0.05, 0.1) is 13.5 Å². The molecule has 160 valence electrons. The van der Waals surface area contributed by atoms with Crippen LogP contribution in [0.5, 0.6) is 0 Å². The molecule has 0 aliphatic rings. The van der Waals surface area contributed by atoms with Gasteiger partial charge in [0.15, 0.2) is 10.4 Å². The van der Waals surface area contributed by atoms with Crippen molar-refractivity contribution in [3.05, 3.63) is 88.3 Å². The molecule has 31 heavy (non-hydrogen) atoms. The van der Waals surface area contributed by atoms with Crippen molar-refractivity contribution in [2.45, 2.75) is 13.0 Å². The maximum atomic E-state index is 12.9. The fourth-order valence-corrected chi connectivity index (χ4v) is 3.18. The first-order valence-electron chi connectivity index (χ1n) is 9.48. The number of carbonyl (C=O) groups is 3. The molecule has 0 aliphatic heterocycles. The second-order valence-corrected chi connectivity index (χ2v) is 7.52. The molecule has 1 N–H and O–H groups in total. The van der Waals surface area contributed by atoms with Crippen LogP contribution in [0.1, 0.15) is 21.7 Å². The molecular formula is C23H21BrN2O5. The van der Waals surface area contributed by atoms with Crippen molar-refractivity contribution in [2.75, 3.05) is 19.0 Å². The Hall–Kier alpha value is -3.39. The van der Waals surface area contributed by atoms with Gasteiger partial charge in [-0.05, 0) is 51.3 Å². The average Bonchev–Trinajstić information content (AvgIpc) is 3.21. The number of halogens is 1. The van der Waals surface area contributed by atoms with Gasteiger partial charge in [-0.2, -0.15) is 0 Å². The number of anilines is 1. The second kappa shape index (κ2) is 10.6. The SMILES string of the molecule is COC(=O)CN(Cc1ccccc1)C(=O)Cc1ccc(NC(=O)c2ccc(Br)o2)cc1. The number of amides is 2. The van der Waals surface area contributed by atoms with E-state index in [9.17, 15) is 14.4 Å². The minimum Gasteiger partial charge on any atom is -0.468 e. The normalized spacial score (nSPS) is 10.4. The van der Waals surface area contributed by atoms with Crippen molar-refractivity contribution in [3.8, 4) is 0 Å². The fourth-order valence-electron chi connectivity index (χ4n) is 2.88. The highest BCUT2D eigenvalue weighted by Gasteiger charge is 2.18. The number of nitrogens with one attached hydrogen (secondary N) is 1. The average molecular weight is 485 g/mol. The van der Waals surface area contributed by atoms with Crippen molar-refractivity contribution >= 4 is 39.4 Å². The third kappa shape index (κ3) is 6.55. The van der Waals surface area contributed by atoms with Crippen LogP contribution in [0.3, 0.4) is 0 Å². The Balaban J connectivity index is 1.63. The van der Waals surface area contributed by atoms with Crippen LogP contribution in [0.2, 0.25) is 0 Å². The number of hydrogen-bond acceptors (Lipinski definition) is 5. The Morgan fingerprint density at radius 1 is 0.968 bits per heavy atom. The lowest BCUT2D eigenvalue weighted by molar-refractivity contribution is -0.147. The molecule has 0 saturated carbocycles. The van der Waals surface area contributed by atoms with Gasteiger partial charge in [0, 0.05) is 12.2 Å². The second-order valence-electron chi connectivity index (χ2n) is 6.74. The topological polar surface area (TPSA) is 88.9 Å². The maximum Gasteiger partial charge on any atom is 0.325 e. The van der Waals surface area contributed by atoms with Crippen molar-refractivity contribution in [2.24, 2.45) is 0 Å². The molecule has 0 bridgehead atoms. The van der Waals surface area contributed by atoms with E-state index < -0.39 is 5.97 Å². The van der Waals surface area contributed by atoms with Crippen LogP contribution in [0.4, 0.5) is 5.69 Å². The van der Waals surface area contributed by atoms with Gasteiger partial charge in [-0.3, -0.25) is 14.4 Å². The Morgan fingerprint density at radius 3 is 2.29 bits per heavy atom. The van der Waals surface area contributed by atoms with Gasteiger partial charge in [0.25, 0.3) is 5.91 Å². The van der Waals surface area contributed by atoms with Gasteiger partial charge in [-0.15, -0.1) is 0 Å². The zero-order chi connectivity index (χ0) is 22.2. The molecule has 2 amide bonds. The van der Waals surface area contributed by atoms with Crippen molar-refractivity contribution in [1.29, 1.82) is 0 Å². The number of ether oxygens (including phenoxy) is 1. The monoisotopic (exact) mass is 484 g/mol. The van der Waals surface area contributed by atoms with Crippen LogP contribution in [-0.4, -0.2) is 36.3 Å². The van der Waals surface area contributed by atoms with Crippen molar-refractivity contribution in [1.82, 2.24) is 4.90 Å². The summed E-state index contributed by atoms with van der Waals surface area (Å²) in [6.07, 6.45) is 0.114. The van der Waals surface area contributed by atoms with E-state index in [1.165, 1.54) is 12.0 Å². The molecular weight excluding hydrogens is 464 g/mol. The Morgan fingerprint density at radius 2 is 1.68 bits per heavy atom. The number of furan rings is 1. The lowest BCUT2D eigenvalue weighted by Crippen LogP contribution is -2.36. The summed E-state index contributed by atoms with van der Waals surface area (Å²) in [6.45, 7) is 0.179. The predicted molar refractivity (Wildman–Crippen MR) is 118 cm³/mol. The Kier molecular flexibility index (Phi) is 7.61. The highest BCUT2D eigenvalue weighted by Crippen LogP contribution is 2.17. The number of hydrogen-bond donors (Lipinski definition) is 1. The molecule has 1 aromatic heterocycles. The third-order valence-electron chi connectivity index (χ3n) is 4.48. The summed E-state index contributed by atoms with van der Waals surface area (Å²) >= 11 is 3.16. The summed E-state index contributed by atoms with van der Waals surface area (Å²) in [6, 6.07) is 19.6. The van der Waals surface area contributed by atoms with Crippen LogP contribution in [0.25, 0.3) is 0 Å². The van der Waals surface area contributed by atoms with Crippen molar-refractivity contribution < 1.29 is 23.5 Å². The fraction of sp³-hybridized carbons (Fsp3) is 0.174. The number of benzene rings is 2. The largest absolute Gasteiger partial charge is 0.468 e. The molecule has 3 rings (SSSR count). The van der Waals surface area contributed by atoms with Crippen LogP contribution in [0.15, 0.2) is 75.8 Å². The molecule has 7 nitrogen and oxygen atoms in total. The van der Waals surface area contributed by atoms with Gasteiger partial charge in [-0.1, -0.05) is 42.5 Å². The lowest BCUT2D eigenvalue weighted by Gasteiger charge is -2.22. The molecule has 8 heteroatoms. The van der Waals surface area contributed by atoms with Crippen LogP contribution in [-0.2, 0) is 27.3 Å². The van der Waals surface area contributed by atoms with Gasteiger partial charge in [0.2, 0.25) is 5.91 Å². The molecule has 3 aromatic rings. The van der Waals surface area contributed by atoms with Crippen LogP contribution in [0, 0.1) is 0 Å². The molecule has 2 aromatic carbocycles. The van der Waals surface area contributed by atoms with E-state index in [1.807, 2.05) is 30.3 Å². The van der Waals surface area contributed by atoms with Gasteiger partial charge in [-0.25, -0.2) is 0 Å². The van der Waals surface area contributed by atoms with Crippen molar-refractivity contribution in [3.63, 3.8) is 0 Å². The number of rotatable bonds is 8.